The molecule has 2 aromatic rings. The molecule has 1 aliphatic heterocycles. The normalized spacial score (nSPS) is 16.2. The number of para-hydroxylation sites is 2. The Morgan fingerprint density at radius 1 is 1.27 bits per heavy atom. The molecule has 1 heterocycles. The van der Waals surface area contributed by atoms with Gasteiger partial charge in [0.1, 0.15) is 12.7 Å². The van der Waals surface area contributed by atoms with Gasteiger partial charge in [-0.3, -0.25) is 4.79 Å². The Kier molecular flexibility index (Phi) is 4.20. The number of carbonyl (C=O) groups is 1. The second-order valence-electron chi connectivity index (χ2n) is 5.21. The second kappa shape index (κ2) is 6.28. The molecule has 0 saturated carbocycles. The summed E-state index contributed by atoms with van der Waals surface area (Å²) in [4.78, 5) is 12.1. The molecular weight excluding hydrogens is 302 g/mol. The van der Waals surface area contributed by atoms with Gasteiger partial charge in [-0.1, -0.05) is 29.8 Å². The van der Waals surface area contributed by atoms with Crippen molar-refractivity contribution in [2.45, 2.75) is 19.4 Å². The first-order chi connectivity index (χ1) is 10.6. The lowest BCUT2D eigenvalue weighted by atomic mass is 10.2. The van der Waals surface area contributed by atoms with Gasteiger partial charge in [0, 0.05) is 10.7 Å². The van der Waals surface area contributed by atoms with Crippen molar-refractivity contribution >= 4 is 23.2 Å². The van der Waals surface area contributed by atoms with Crippen molar-refractivity contribution in [3.63, 3.8) is 0 Å². The van der Waals surface area contributed by atoms with E-state index in [1.54, 1.807) is 6.07 Å². The third-order valence-corrected chi connectivity index (χ3v) is 3.84. The molecule has 5 heteroatoms. The lowest BCUT2D eigenvalue weighted by Gasteiger charge is -2.26. The van der Waals surface area contributed by atoms with E-state index in [-0.39, 0.29) is 18.4 Å². The average Bonchev–Trinajstić information content (AvgIpc) is 2.51. The fourth-order valence-corrected chi connectivity index (χ4v) is 2.43. The van der Waals surface area contributed by atoms with Crippen LogP contribution >= 0.6 is 11.6 Å². The van der Waals surface area contributed by atoms with Gasteiger partial charge in [0.05, 0.1) is 6.42 Å². The highest BCUT2D eigenvalue weighted by Gasteiger charge is 2.23. The maximum atomic E-state index is 12.1. The van der Waals surface area contributed by atoms with Gasteiger partial charge in [0.15, 0.2) is 11.5 Å². The van der Waals surface area contributed by atoms with Crippen molar-refractivity contribution in [3.8, 4) is 11.5 Å². The molecule has 0 fully saturated rings. The molecule has 2 aromatic carbocycles. The summed E-state index contributed by atoms with van der Waals surface area (Å²) < 4.78 is 11.4. The Morgan fingerprint density at radius 2 is 2.05 bits per heavy atom. The number of hydrogen-bond donors (Lipinski definition) is 1. The number of amides is 1. The highest BCUT2D eigenvalue weighted by Crippen LogP contribution is 2.31. The van der Waals surface area contributed by atoms with Gasteiger partial charge in [0.2, 0.25) is 5.91 Å². The Balaban J connectivity index is 1.59. The highest BCUT2D eigenvalue weighted by atomic mass is 35.5. The molecular formula is C17H16ClNO3. The smallest absolute Gasteiger partial charge is 0.228 e. The van der Waals surface area contributed by atoms with Crippen LogP contribution in [0.15, 0.2) is 42.5 Å². The Morgan fingerprint density at radius 3 is 2.82 bits per heavy atom. The summed E-state index contributed by atoms with van der Waals surface area (Å²) in [6, 6.07) is 12.9. The molecule has 3 rings (SSSR count). The van der Waals surface area contributed by atoms with Crippen molar-refractivity contribution in [2.75, 3.05) is 11.9 Å². The molecule has 1 atom stereocenters. The van der Waals surface area contributed by atoms with E-state index in [4.69, 9.17) is 21.1 Å². The van der Waals surface area contributed by atoms with Crippen LogP contribution in [0.1, 0.15) is 12.0 Å². The van der Waals surface area contributed by atoms with E-state index in [0.29, 0.717) is 28.8 Å². The van der Waals surface area contributed by atoms with Crippen molar-refractivity contribution in [1.82, 2.24) is 0 Å². The molecule has 0 radical (unpaired) electrons. The van der Waals surface area contributed by atoms with Crippen LogP contribution in [0.3, 0.4) is 0 Å². The molecule has 1 N–H and O–H groups in total. The molecule has 114 valence electrons. The molecule has 0 aliphatic carbocycles. The zero-order valence-corrected chi connectivity index (χ0v) is 12.9. The van der Waals surface area contributed by atoms with Crippen LogP contribution in [0.4, 0.5) is 5.69 Å². The number of benzene rings is 2. The molecule has 0 unspecified atom stereocenters. The monoisotopic (exact) mass is 317 g/mol. The largest absolute Gasteiger partial charge is 0.486 e. The summed E-state index contributed by atoms with van der Waals surface area (Å²) in [5, 5.41) is 3.45. The number of nitrogens with one attached hydrogen (secondary N) is 1. The predicted molar refractivity (Wildman–Crippen MR) is 85.8 cm³/mol. The van der Waals surface area contributed by atoms with E-state index >= 15 is 0 Å². The Hall–Kier alpha value is -2.20. The van der Waals surface area contributed by atoms with E-state index in [1.165, 1.54) is 0 Å². The number of anilines is 1. The minimum atomic E-state index is -0.296. The molecule has 0 saturated heterocycles. The van der Waals surface area contributed by atoms with Gasteiger partial charge in [-0.15, -0.1) is 0 Å². The summed E-state index contributed by atoms with van der Waals surface area (Å²) in [5.41, 5.74) is 1.65. The quantitative estimate of drug-likeness (QED) is 0.936. The number of rotatable bonds is 3. The first-order valence-electron chi connectivity index (χ1n) is 7.06. The SMILES string of the molecule is Cc1ccc(NC(=O)C[C@H]2COc3ccccc3O2)cc1Cl. The van der Waals surface area contributed by atoms with E-state index in [1.807, 2.05) is 43.3 Å². The van der Waals surface area contributed by atoms with Gasteiger partial charge >= 0.3 is 0 Å². The summed E-state index contributed by atoms with van der Waals surface area (Å²) in [7, 11) is 0. The van der Waals surface area contributed by atoms with Gasteiger partial charge in [-0.25, -0.2) is 0 Å². The van der Waals surface area contributed by atoms with Gasteiger partial charge in [0.25, 0.3) is 0 Å². The minimum Gasteiger partial charge on any atom is -0.486 e. The molecule has 1 amide bonds. The van der Waals surface area contributed by atoms with Gasteiger partial charge in [-0.2, -0.15) is 0 Å². The lowest BCUT2D eigenvalue weighted by Crippen LogP contribution is -2.33. The minimum absolute atomic E-state index is 0.132. The molecule has 0 aromatic heterocycles. The third kappa shape index (κ3) is 3.34. The van der Waals surface area contributed by atoms with Crippen LogP contribution < -0.4 is 14.8 Å². The first kappa shape index (κ1) is 14.7. The van der Waals surface area contributed by atoms with E-state index in [9.17, 15) is 4.79 Å². The fraction of sp³-hybridized carbons (Fsp3) is 0.235. The van der Waals surface area contributed by atoms with Crippen molar-refractivity contribution in [3.05, 3.63) is 53.1 Å². The summed E-state index contributed by atoms with van der Waals surface area (Å²) >= 11 is 6.05. The van der Waals surface area contributed by atoms with Crippen molar-refractivity contribution in [2.24, 2.45) is 0 Å². The van der Waals surface area contributed by atoms with Crippen LogP contribution in [0.5, 0.6) is 11.5 Å². The number of halogens is 1. The number of fused-ring (bicyclic) bond motifs is 1. The van der Waals surface area contributed by atoms with E-state index in [0.717, 1.165) is 5.56 Å². The molecule has 0 spiro atoms. The standard InChI is InChI=1S/C17H16ClNO3/c1-11-6-7-12(8-14(11)18)19-17(20)9-13-10-21-15-4-2-3-5-16(15)22-13/h2-8,13H,9-10H2,1H3,(H,19,20)/t13-/m0/s1. The van der Waals surface area contributed by atoms with Crippen LogP contribution in [-0.4, -0.2) is 18.6 Å². The highest BCUT2D eigenvalue weighted by molar-refractivity contribution is 6.31. The Bertz CT molecular complexity index is 702. The zero-order valence-electron chi connectivity index (χ0n) is 12.1. The van der Waals surface area contributed by atoms with Crippen LogP contribution in [-0.2, 0) is 4.79 Å². The summed E-state index contributed by atoms with van der Waals surface area (Å²) in [6.07, 6.45) is -0.0735. The summed E-state index contributed by atoms with van der Waals surface area (Å²) in [5.74, 6) is 1.25. The van der Waals surface area contributed by atoms with Crippen molar-refractivity contribution in [1.29, 1.82) is 0 Å². The van der Waals surface area contributed by atoms with Gasteiger partial charge < -0.3 is 14.8 Å². The van der Waals surface area contributed by atoms with E-state index < -0.39 is 0 Å². The van der Waals surface area contributed by atoms with Gasteiger partial charge in [-0.05, 0) is 36.8 Å². The number of carbonyl (C=O) groups excluding carboxylic acids is 1. The predicted octanol–water partition coefficient (Wildman–Crippen LogP) is 3.82. The van der Waals surface area contributed by atoms with Crippen LogP contribution in [0, 0.1) is 6.92 Å². The summed E-state index contributed by atoms with van der Waals surface area (Å²) in [6.45, 7) is 2.28. The molecule has 4 nitrogen and oxygen atoms in total. The average molecular weight is 318 g/mol. The molecule has 1 aliphatic rings. The third-order valence-electron chi connectivity index (χ3n) is 3.44. The number of aryl methyl sites for hydroxylation is 1. The van der Waals surface area contributed by atoms with Crippen LogP contribution in [0.2, 0.25) is 5.02 Å². The topological polar surface area (TPSA) is 47.6 Å². The second-order valence-corrected chi connectivity index (χ2v) is 5.62. The maximum Gasteiger partial charge on any atom is 0.228 e. The van der Waals surface area contributed by atoms with Crippen molar-refractivity contribution < 1.29 is 14.3 Å². The Labute approximate surface area is 134 Å². The fourth-order valence-electron chi connectivity index (χ4n) is 2.25. The maximum absolute atomic E-state index is 12.1. The zero-order chi connectivity index (χ0) is 15.5. The molecule has 0 bridgehead atoms. The number of hydrogen-bond acceptors (Lipinski definition) is 3. The number of ether oxygens (including phenoxy) is 2. The lowest BCUT2D eigenvalue weighted by molar-refractivity contribution is -0.118. The molecule has 22 heavy (non-hydrogen) atoms. The van der Waals surface area contributed by atoms with Crippen LogP contribution in [0.25, 0.3) is 0 Å². The first-order valence-corrected chi connectivity index (χ1v) is 7.44. The van der Waals surface area contributed by atoms with E-state index in [2.05, 4.69) is 5.32 Å².